The van der Waals surface area contributed by atoms with Crippen molar-refractivity contribution in [2.24, 2.45) is 0 Å². The van der Waals surface area contributed by atoms with Crippen molar-refractivity contribution in [3.8, 4) is 11.8 Å². The zero-order valence-corrected chi connectivity index (χ0v) is 12.9. The maximum absolute atomic E-state index is 8.57. The number of anilines is 1. The van der Waals surface area contributed by atoms with Crippen molar-refractivity contribution >= 4 is 33.2 Å². The van der Waals surface area contributed by atoms with Gasteiger partial charge in [-0.2, -0.15) is 5.26 Å². The second-order valence-corrected chi connectivity index (χ2v) is 5.30. The summed E-state index contributed by atoms with van der Waals surface area (Å²) < 4.78 is 6.25. The van der Waals surface area contributed by atoms with Gasteiger partial charge in [0.05, 0.1) is 5.02 Å². The molecule has 0 amide bonds. The molecule has 0 aromatic heterocycles. The molecule has 0 saturated heterocycles. The van der Waals surface area contributed by atoms with Gasteiger partial charge in [-0.3, -0.25) is 0 Å². The molecule has 0 unspecified atom stereocenters. The summed E-state index contributed by atoms with van der Waals surface area (Å²) in [4.78, 5) is 0. The topological polar surface area (TPSA) is 45.0 Å². The third kappa shape index (κ3) is 3.89. The summed E-state index contributed by atoms with van der Waals surface area (Å²) in [5.74, 6) is 0.713. The minimum absolute atomic E-state index is 0.0428. The zero-order chi connectivity index (χ0) is 14.4. The Balaban J connectivity index is 2.06. The molecule has 0 aliphatic heterocycles. The second kappa shape index (κ2) is 7.18. The van der Waals surface area contributed by atoms with Crippen LogP contribution in [0.15, 0.2) is 46.9 Å². The van der Waals surface area contributed by atoms with Gasteiger partial charge in [0.1, 0.15) is 11.8 Å². The summed E-state index contributed by atoms with van der Waals surface area (Å²) in [5.41, 5.74) is 1.91. The molecular weight excluding hydrogens is 340 g/mol. The van der Waals surface area contributed by atoms with E-state index in [0.29, 0.717) is 17.3 Å². The van der Waals surface area contributed by atoms with Crippen molar-refractivity contribution in [1.82, 2.24) is 0 Å². The molecule has 2 aromatic rings. The Morgan fingerprint density at radius 2 is 2.05 bits per heavy atom. The van der Waals surface area contributed by atoms with E-state index in [-0.39, 0.29) is 6.61 Å². The molecule has 0 atom stereocenters. The van der Waals surface area contributed by atoms with Crippen LogP contribution in [0.1, 0.15) is 5.56 Å². The number of rotatable bonds is 5. The molecule has 102 valence electrons. The number of ether oxygens (including phenoxy) is 1. The largest absolute Gasteiger partial charge is 0.478 e. The van der Waals surface area contributed by atoms with Crippen LogP contribution in [-0.2, 0) is 6.54 Å². The summed E-state index contributed by atoms with van der Waals surface area (Å²) in [7, 11) is 0. The lowest BCUT2D eigenvalue weighted by molar-refractivity contribution is 0.364. The summed E-state index contributed by atoms with van der Waals surface area (Å²) in [6.45, 7) is 0.640. The van der Waals surface area contributed by atoms with Gasteiger partial charge in [0, 0.05) is 22.3 Å². The van der Waals surface area contributed by atoms with Crippen LogP contribution in [0.25, 0.3) is 0 Å². The molecule has 0 fully saturated rings. The van der Waals surface area contributed by atoms with Crippen molar-refractivity contribution < 1.29 is 4.74 Å². The van der Waals surface area contributed by atoms with Crippen LogP contribution in [0, 0.1) is 11.3 Å². The first-order valence-corrected chi connectivity index (χ1v) is 7.14. The minimum Gasteiger partial charge on any atom is -0.478 e. The zero-order valence-electron chi connectivity index (χ0n) is 10.6. The first-order valence-electron chi connectivity index (χ1n) is 5.97. The highest BCUT2D eigenvalue weighted by atomic mass is 79.9. The Labute approximate surface area is 131 Å². The van der Waals surface area contributed by atoms with Crippen LogP contribution in [0.4, 0.5) is 5.69 Å². The SMILES string of the molecule is N#CCOc1ccccc1CNc1ccc(Br)c(Cl)c1. The summed E-state index contributed by atoms with van der Waals surface area (Å²) in [6, 6.07) is 15.3. The predicted molar refractivity (Wildman–Crippen MR) is 84.0 cm³/mol. The lowest BCUT2D eigenvalue weighted by atomic mass is 10.2. The first kappa shape index (κ1) is 14.7. The summed E-state index contributed by atoms with van der Waals surface area (Å²) in [6.07, 6.45) is 0. The van der Waals surface area contributed by atoms with Gasteiger partial charge in [0.2, 0.25) is 0 Å². The van der Waals surface area contributed by atoms with Gasteiger partial charge in [-0.1, -0.05) is 29.8 Å². The van der Waals surface area contributed by atoms with Crippen LogP contribution in [0.5, 0.6) is 5.75 Å². The average Bonchev–Trinajstić information content (AvgIpc) is 2.47. The maximum atomic E-state index is 8.57. The Morgan fingerprint density at radius 3 is 2.80 bits per heavy atom. The van der Waals surface area contributed by atoms with Gasteiger partial charge in [-0.25, -0.2) is 0 Å². The molecular formula is C15H12BrClN2O. The molecule has 0 bridgehead atoms. The van der Waals surface area contributed by atoms with Crippen molar-refractivity contribution in [1.29, 1.82) is 5.26 Å². The van der Waals surface area contributed by atoms with Gasteiger partial charge in [0.15, 0.2) is 6.61 Å². The van der Waals surface area contributed by atoms with Crippen molar-refractivity contribution in [3.63, 3.8) is 0 Å². The quantitative estimate of drug-likeness (QED) is 0.855. The van der Waals surface area contributed by atoms with Gasteiger partial charge < -0.3 is 10.1 Å². The van der Waals surface area contributed by atoms with E-state index in [1.165, 1.54) is 0 Å². The van der Waals surface area contributed by atoms with E-state index in [0.717, 1.165) is 15.7 Å². The van der Waals surface area contributed by atoms with Crippen LogP contribution < -0.4 is 10.1 Å². The molecule has 20 heavy (non-hydrogen) atoms. The molecule has 0 spiro atoms. The number of benzene rings is 2. The number of para-hydroxylation sites is 1. The highest BCUT2D eigenvalue weighted by Crippen LogP contribution is 2.26. The predicted octanol–water partition coefficient (Wildman–Crippen LogP) is 4.62. The fraction of sp³-hybridized carbons (Fsp3) is 0.133. The van der Waals surface area contributed by atoms with E-state index in [9.17, 15) is 0 Å². The third-order valence-electron chi connectivity index (χ3n) is 2.67. The van der Waals surface area contributed by atoms with Crippen molar-refractivity contribution in [3.05, 3.63) is 57.5 Å². The Kier molecular flexibility index (Phi) is 5.28. The fourth-order valence-electron chi connectivity index (χ4n) is 1.70. The lowest BCUT2D eigenvalue weighted by Crippen LogP contribution is -2.03. The normalized spacial score (nSPS) is 9.85. The number of nitrogens with zero attached hydrogens (tertiary/aromatic N) is 1. The maximum Gasteiger partial charge on any atom is 0.174 e. The number of hydrogen-bond acceptors (Lipinski definition) is 3. The van der Waals surface area contributed by atoms with Gasteiger partial charge in [-0.05, 0) is 40.2 Å². The monoisotopic (exact) mass is 350 g/mol. The number of nitriles is 1. The Hall–Kier alpha value is -1.70. The van der Waals surface area contributed by atoms with Crippen LogP contribution in [-0.4, -0.2) is 6.61 Å². The fourth-order valence-corrected chi connectivity index (χ4v) is 2.13. The molecule has 0 radical (unpaired) electrons. The van der Waals surface area contributed by atoms with Gasteiger partial charge >= 0.3 is 0 Å². The Bertz CT molecular complexity index is 640. The highest BCUT2D eigenvalue weighted by Gasteiger charge is 2.04. The third-order valence-corrected chi connectivity index (χ3v) is 3.90. The molecule has 2 aromatic carbocycles. The molecule has 1 N–H and O–H groups in total. The van der Waals surface area contributed by atoms with Crippen molar-refractivity contribution in [2.45, 2.75) is 6.54 Å². The summed E-state index contributed by atoms with van der Waals surface area (Å²) in [5, 5.41) is 12.5. The molecule has 0 saturated carbocycles. The molecule has 2 rings (SSSR count). The van der Waals surface area contributed by atoms with E-state index in [1.807, 2.05) is 48.5 Å². The molecule has 0 aliphatic rings. The van der Waals surface area contributed by atoms with E-state index in [1.54, 1.807) is 0 Å². The summed E-state index contributed by atoms with van der Waals surface area (Å²) >= 11 is 9.40. The number of halogens is 2. The Morgan fingerprint density at radius 1 is 1.25 bits per heavy atom. The first-order chi connectivity index (χ1) is 9.70. The van der Waals surface area contributed by atoms with Gasteiger partial charge in [0.25, 0.3) is 0 Å². The molecule has 5 heteroatoms. The van der Waals surface area contributed by atoms with Crippen LogP contribution >= 0.6 is 27.5 Å². The minimum atomic E-state index is 0.0428. The number of hydrogen-bond donors (Lipinski definition) is 1. The lowest BCUT2D eigenvalue weighted by Gasteiger charge is -2.11. The van der Waals surface area contributed by atoms with E-state index in [2.05, 4.69) is 21.2 Å². The van der Waals surface area contributed by atoms with Crippen LogP contribution in [0.2, 0.25) is 5.02 Å². The van der Waals surface area contributed by atoms with E-state index < -0.39 is 0 Å². The number of nitrogens with one attached hydrogen (secondary N) is 1. The van der Waals surface area contributed by atoms with Gasteiger partial charge in [-0.15, -0.1) is 0 Å². The van der Waals surface area contributed by atoms with E-state index >= 15 is 0 Å². The molecule has 0 heterocycles. The average molecular weight is 352 g/mol. The second-order valence-electron chi connectivity index (χ2n) is 4.04. The molecule has 3 nitrogen and oxygen atoms in total. The highest BCUT2D eigenvalue weighted by molar-refractivity contribution is 9.10. The standard InChI is InChI=1S/C15H12BrClN2O/c16-13-6-5-12(9-14(13)17)19-10-11-3-1-2-4-15(11)20-8-7-18/h1-6,9,19H,8,10H2. The molecule has 0 aliphatic carbocycles. The van der Waals surface area contributed by atoms with E-state index in [4.69, 9.17) is 21.6 Å². The smallest absolute Gasteiger partial charge is 0.174 e. The van der Waals surface area contributed by atoms with Crippen molar-refractivity contribution in [2.75, 3.05) is 11.9 Å². The van der Waals surface area contributed by atoms with Crippen LogP contribution in [0.3, 0.4) is 0 Å².